The van der Waals surface area contributed by atoms with Crippen molar-refractivity contribution in [2.45, 2.75) is 13.8 Å². The molecule has 0 bridgehead atoms. The Morgan fingerprint density at radius 2 is 1.75 bits per heavy atom. The van der Waals surface area contributed by atoms with Gasteiger partial charge in [0.05, 0.1) is 0 Å². The molecule has 0 fully saturated rings. The van der Waals surface area contributed by atoms with Gasteiger partial charge in [-0.25, -0.2) is 0 Å². The smallest absolute Gasteiger partial charge is 0.248 e. The number of hydrogen-bond donors (Lipinski definition) is 1. The van der Waals surface area contributed by atoms with Gasteiger partial charge in [0.15, 0.2) is 0 Å². The molecule has 1 aromatic heterocycles. The summed E-state index contributed by atoms with van der Waals surface area (Å²) >= 11 is 0. The summed E-state index contributed by atoms with van der Waals surface area (Å²) < 4.78 is 5.74. The molecule has 0 aliphatic heterocycles. The molecule has 0 unspecified atom stereocenters. The zero-order chi connectivity index (χ0) is 16.9. The third-order valence-corrected chi connectivity index (χ3v) is 3.86. The van der Waals surface area contributed by atoms with Gasteiger partial charge in [0.1, 0.15) is 11.5 Å². The highest BCUT2D eigenvalue weighted by atomic mass is 16.3. The van der Waals surface area contributed by atoms with Gasteiger partial charge in [0.2, 0.25) is 5.91 Å². The highest BCUT2D eigenvalue weighted by molar-refractivity contribution is 6.01. The van der Waals surface area contributed by atoms with Crippen molar-refractivity contribution in [1.82, 2.24) is 0 Å². The lowest BCUT2D eigenvalue weighted by Gasteiger charge is -2.05. The van der Waals surface area contributed by atoms with Gasteiger partial charge < -0.3 is 9.73 Å². The van der Waals surface area contributed by atoms with E-state index in [1.165, 1.54) is 11.6 Å². The van der Waals surface area contributed by atoms with Crippen molar-refractivity contribution in [3.63, 3.8) is 0 Å². The minimum Gasteiger partial charge on any atom is -0.457 e. The molecule has 120 valence electrons. The molecule has 0 radical (unpaired) electrons. The first-order chi connectivity index (χ1) is 11.6. The Hall–Kier alpha value is -3.07. The third kappa shape index (κ3) is 3.82. The second kappa shape index (κ2) is 7.01. The van der Waals surface area contributed by atoms with Crippen LogP contribution in [-0.2, 0) is 4.79 Å². The van der Waals surface area contributed by atoms with Crippen LogP contribution in [0.3, 0.4) is 0 Å². The monoisotopic (exact) mass is 317 g/mol. The van der Waals surface area contributed by atoms with Gasteiger partial charge in [0, 0.05) is 17.3 Å². The summed E-state index contributed by atoms with van der Waals surface area (Å²) in [6, 6.07) is 19.5. The number of amides is 1. The summed E-state index contributed by atoms with van der Waals surface area (Å²) in [6.45, 7) is 4.07. The number of nitrogens with one attached hydrogen (secondary N) is 1. The SMILES string of the molecule is Cc1ccc(NC(=O)/C=C/c2ccc(-c3ccccc3)o2)cc1C. The first-order valence-corrected chi connectivity index (χ1v) is 7.83. The normalized spacial score (nSPS) is 10.9. The Labute approximate surface area is 141 Å². The Balaban J connectivity index is 1.66. The van der Waals surface area contributed by atoms with E-state index in [1.54, 1.807) is 6.08 Å². The van der Waals surface area contributed by atoms with Crippen LogP contribution in [0.25, 0.3) is 17.4 Å². The first kappa shape index (κ1) is 15.8. The van der Waals surface area contributed by atoms with Crippen LogP contribution in [0.15, 0.2) is 71.2 Å². The standard InChI is InChI=1S/C21H19NO2/c1-15-8-9-18(14-16(15)2)22-21(23)13-11-19-10-12-20(24-19)17-6-4-3-5-7-17/h3-14H,1-2H3,(H,22,23)/b13-11+. The highest BCUT2D eigenvalue weighted by Gasteiger charge is 2.03. The maximum atomic E-state index is 12.0. The van der Waals surface area contributed by atoms with Crippen molar-refractivity contribution >= 4 is 17.7 Å². The quantitative estimate of drug-likeness (QED) is 0.671. The number of rotatable bonds is 4. The number of carbonyl (C=O) groups is 1. The fourth-order valence-corrected chi connectivity index (χ4v) is 2.36. The van der Waals surface area contributed by atoms with Crippen LogP contribution in [0.2, 0.25) is 0 Å². The number of carbonyl (C=O) groups excluding carboxylic acids is 1. The Morgan fingerprint density at radius 3 is 2.50 bits per heavy atom. The van der Waals surface area contributed by atoms with Crippen molar-refractivity contribution in [3.8, 4) is 11.3 Å². The second-order valence-corrected chi connectivity index (χ2v) is 5.69. The molecule has 0 spiro atoms. The van der Waals surface area contributed by atoms with E-state index in [4.69, 9.17) is 4.42 Å². The van der Waals surface area contributed by atoms with Gasteiger partial charge in [-0.3, -0.25) is 4.79 Å². The zero-order valence-electron chi connectivity index (χ0n) is 13.7. The number of aryl methyl sites for hydroxylation is 2. The lowest BCUT2D eigenvalue weighted by atomic mass is 10.1. The van der Waals surface area contributed by atoms with E-state index in [0.29, 0.717) is 5.76 Å². The van der Waals surface area contributed by atoms with E-state index in [2.05, 4.69) is 5.32 Å². The van der Waals surface area contributed by atoms with E-state index in [1.807, 2.05) is 74.5 Å². The number of anilines is 1. The molecule has 1 amide bonds. The fourth-order valence-electron chi connectivity index (χ4n) is 2.36. The maximum Gasteiger partial charge on any atom is 0.248 e. The molecule has 3 nitrogen and oxygen atoms in total. The molecule has 1 N–H and O–H groups in total. The van der Waals surface area contributed by atoms with E-state index in [9.17, 15) is 4.79 Å². The first-order valence-electron chi connectivity index (χ1n) is 7.83. The van der Waals surface area contributed by atoms with Crippen LogP contribution in [-0.4, -0.2) is 5.91 Å². The summed E-state index contributed by atoms with van der Waals surface area (Å²) in [4.78, 5) is 12.0. The highest BCUT2D eigenvalue weighted by Crippen LogP contribution is 2.22. The van der Waals surface area contributed by atoms with E-state index in [0.717, 1.165) is 22.6 Å². The van der Waals surface area contributed by atoms with Crippen molar-refractivity contribution in [3.05, 3.63) is 83.6 Å². The van der Waals surface area contributed by atoms with Crippen molar-refractivity contribution in [2.24, 2.45) is 0 Å². The molecule has 3 heteroatoms. The molecule has 0 saturated carbocycles. The molecule has 24 heavy (non-hydrogen) atoms. The molecule has 0 aliphatic rings. The van der Waals surface area contributed by atoms with E-state index in [-0.39, 0.29) is 5.91 Å². The van der Waals surface area contributed by atoms with Crippen LogP contribution < -0.4 is 5.32 Å². The number of benzene rings is 2. The topological polar surface area (TPSA) is 42.2 Å². The largest absolute Gasteiger partial charge is 0.457 e. The van der Waals surface area contributed by atoms with Crippen LogP contribution >= 0.6 is 0 Å². The molecule has 0 aliphatic carbocycles. The van der Waals surface area contributed by atoms with Crippen LogP contribution in [0.1, 0.15) is 16.9 Å². The average molecular weight is 317 g/mol. The van der Waals surface area contributed by atoms with Gasteiger partial charge in [-0.15, -0.1) is 0 Å². The van der Waals surface area contributed by atoms with Crippen molar-refractivity contribution in [1.29, 1.82) is 0 Å². The van der Waals surface area contributed by atoms with Gasteiger partial charge in [-0.1, -0.05) is 36.4 Å². The molecule has 1 heterocycles. The summed E-state index contributed by atoms with van der Waals surface area (Å²) in [5.41, 5.74) is 4.15. The van der Waals surface area contributed by atoms with Crippen molar-refractivity contribution < 1.29 is 9.21 Å². The Morgan fingerprint density at radius 1 is 0.958 bits per heavy atom. The van der Waals surface area contributed by atoms with Gasteiger partial charge in [0.25, 0.3) is 0 Å². The summed E-state index contributed by atoms with van der Waals surface area (Å²) in [5.74, 6) is 1.24. The minimum atomic E-state index is -0.184. The fraction of sp³-hybridized carbons (Fsp3) is 0.0952. The van der Waals surface area contributed by atoms with E-state index >= 15 is 0 Å². The molecule has 0 atom stereocenters. The summed E-state index contributed by atoms with van der Waals surface area (Å²) in [7, 11) is 0. The second-order valence-electron chi connectivity index (χ2n) is 5.69. The van der Waals surface area contributed by atoms with Crippen LogP contribution in [0.5, 0.6) is 0 Å². The lowest BCUT2D eigenvalue weighted by molar-refractivity contribution is -0.111. The Kier molecular flexibility index (Phi) is 4.62. The van der Waals surface area contributed by atoms with Gasteiger partial charge in [-0.05, 0) is 55.3 Å². The third-order valence-electron chi connectivity index (χ3n) is 3.86. The van der Waals surface area contributed by atoms with Crippen LogP contribution in [0.4, 0.5) is 5.69 Å². The summed E-state index contributed by atoms with van der Waals surface area (Å²) in [6.07, 6.45) is 3.14. The molecule has 3 rings (SSSR count). The van der Waals surface area contributed by atoms with Crippen LogP contribution in [0, 0.1) is 13.8 Å². The number of furan rings is 1. The average Bonchev–Trinajstić information content (AvgIpc) is 3.06. The van der Waals surface area contributed by atoms with Gasteiger partial charge >= 0.3 is 0 Å². The zero-order valence-corrected chi connectivity index (χ0v) is 13.7. The maximum absolute atomic E-state index is 12.0. The number of hydrogen-bond acceptors (Lipinski definition) is 2. The molecule has 0 saturated heterocycles. The molecule has 3 aromatic rings. The van der Waals surface area contributed by atoms with Gasteiger partial charge in [-0.2, -0.15) is 0 Å². The van der Waals surface area contributed by atoms with E-state index < -0.39 is 0 Å². The van der Waals surface area contributed by atoms with Crippen molar-refractivity contribution in [2.75, 3.05) is 5.32 Å². The molecule has 2 aromatic carbocycles. The lowest BCUT2D eigenvalue weighted by Crippen LogP contribution is -2.07. The molecular weight excluding hydrogens is 298 g/mol. The minimum absolute atomic E-state index is 0.184. The summed E-state index contributed by atoms with van der Waals surface area (Å²) in [5, 5.41) is 2.85. The Bertz CT molecular complexity index is 876. The predicted molar refractivity (Wildman–Crippen MR) is 97.7 cm³/mol. The predicted octanol–water partition coefficient (Wildman–Crippen LogP) is 5.22. The molecular formula is C21H19NO2.